The van der Waals surface area contributed by atoms with Crippen LogP contribution in [0.3, 0.4) is 0 Å². The molecular weight excluding hydrogens is 360 g/mol. The number of hydrogen-bond donors (Lipinski definition) is 2. The summed E-state index contributed by atoms with van der Waals surface area (Å²) in [4.78, 5) is 19.7. The van der Waals surface area contributed by atoms with Crippen molar-refractivity contribution in [2.24, 2.45) is 0 Å². The first-order chi connectivity index (χ1) is 14.3. The molecule has 1 aliphatic carbocycles. The summed E-state index contributed by atoms with van der Waals surface area (Å²) in [6.45, 7) is 1.40. The molecule has 0 saturated heterocycles. The number of aromatic nitrogens is 4. The van der Waals surface area contributed by atoms with Gasteiger partial charge in [0, 0.05) is 36.4 Å². The van der Waals surface area contributed by atoms with Gasteiger partial charge in [0.15, 0.2) is 0 Å². The number of aromatic amines is 1. The van der Waals surface area contributed by atoms with Crippen LogP contribution < -0.4 is 5.73 Å². The van der Waals surface area contributed by atoms with Gasteiger partial charge in [0.05, 0.1) is 29.3 Å². The molecule has 5 rings (SSSR count). The lowest BCUT2D eigenvalue weighted by Crippen LogP contribution is -2.32. The Kier molecular flexibility index (Phi) is 4.69. The Hall–Kier alpha value is -3.25. The summed E-state index contributed by atoms with van der Waals surface area (Å²) in [7, 11) is 0. The average Bonchev–Trinajstić information content (AvgIpc) is 3.17. The van der Waals surface area contributed by atoms with Crippen molar-refractivity contribution in [1.82, 2.24) is 24.8 Å². The van der Waals surface area contributed by atoms with E-state index in [1.807, 2.05) is 42.7 Å². The number of pyridine rings is 2. The molecule has 0 amide bonds. The van der Waals surface area contributed by atoms with E-state index in [2.05, 4.69) is 27.0 Å². The normalized spacial score (nSPS) is 16.2. The van der Waals surface area contributed by atoms with Crippen molar-refractivity contribution >= 4 is 16.7 Å². The molecule has 0 fully saturated rings. The largest absolute Gasteiger partial charge is 0.398 e. The molecule has 0 bridgehead atoms. The Morgan fingerprint density at radius 3 is 2.90 bits per heavy atom. The highest BCUT2D eigenvalue weighted by molar-refractivity contribution is 5.74. The maximum absolute atomic E-state index is 6.24. The predicted molar refractivity (Wildman–Crippen MR) is 114 cm³/mol. The van der Waals surface area contributed by atoms with Crippen LogP contribution >= 0.6 is 0 Å². The topological polar surface area (TPSA) is 83.7 Å². The fourth-order valence-electron chi connectivity index (χ4n) is 4.28. The number of nitrogen functional groups attached to an aromatic ring is 1. The van der Waals surface area contributed by atoms with E-state index < -0.39 is 0 Å². The minimum atomic E-state index is 0.229. The van der Waals surface area contributed by atoms with Crippen LogP contribution in [0.25, 0.3) is 11.0 Å². The lowest BCUT2D eigenvalue weighted by Gasteiger charge is -2.34. The lowest BCUT2D eigenvalue weighted by molar-refractivity contribution is 0.153. The molecule has 3 heterocycles. The SMILES string of the molecule is Nc1ccncc1CN(Cc1nc2ccccc2[nH]1)C1CCCc2cccnc21. The molecule has 1 aliphatic rings. The van der Waals surface area contributed by atoms with Gasteiger partial charge in [0.25, 0.3) is 0 Å². The fraction of sp³-hybridized carbons (Fsp3) is 0.261. The zero-order valence-corrected chi connectivity index (χ0v) is 16.3. The van der Waals surface area contributed by atoms with Gasteiger partial charge < -0.3 is 10.7 Å². The second-order valence-corrected chi connectivity index (χ2v) is 7.64. The number of fused-ring (bicyclic) bond motifs is 2. The maximum Gasteiger partial charge on any atom is 0.121 e. The Morgan fingerprint density at radius 1 is 1.07 bits per heavy atom. The summed E-state index contributed by atoms with van der Waals surface area (Å²) in [5.74, 6) is 0.955. The number of imidazole rings is 1. The summed E-state index contributed by atoms with van der Waals surface area (Å²) in [5, 5.41) is 0. The van der Waals surface area contributed by atoms with Gasteiger partial charge in [0.1, 0.15) is 5.82 Å². The monoisotopic (exact) mass is 384 g/mol. The van der Waals surface area contributed by atoms with Crippen LogP contribution in [0.4, 0.5) is 5.69 Å². The number of H-pyrrole nitrogens is 1. The quantitative estimate of drug-likeness (QED) is 0.543. The van der Waals surface area contributed by atoms with Crippen LogP contribution in [0.2, 0.25) is 0 Å². The number of hydrogen-bond acceptors (Lipinski definition) is 5. The number of nitrogens with zero attached hydrogens (tertiary/aromatic N) is 4. The Labute approximate surface area is 169 Å². The zero-order valence-electron chi connectivity index (χ0n) is 16.3. The molecule has 3 N–H and O–H groups in total. The molecule has 0 radical (unpaired) electrons. The summed E-state index contributed by atoms with van der Waals surface area (Å²) >= 11 is 0. The highest BCUT2D eigenvalue weighted by atomic mass is 15.2. The molecule has 1 atom stereocenters. The van der Waals surface area contributed by atoms with Crippen molar-refractivity contribution in [1.29, 1.82) is 0 Å². The van der Waals surface area contributed by atoms with Crippen molar-refractivity contribution in [2.75, 3.05) is 5.73 Å². The number of nitrogens with two attached hydrogens (primary N) is 1. The van der Waals surface area contributed by atoms with E-state index in [-0.39, 0.29) is 6.04 Å². The van der Waals surface area contributed by atoms with Crippen molar-refractivity contribution in [3.63, 3.8) is 0 Å². The van der Waals surface area contributed by atoms with Gasteiger partial charge in [-0.1, -0.05) is 18.2 Å². The van der Waals surface area contributed by atoms with Crippen LogP contribution in [0.15, 0.2) is 61.1 Å². The number of rotatable bonds is 5. The fourth-order valence-corrected chi connectivity index (χ4v) is 4.28. The van der Waals surface area contributed by atoms with E-state index in [4.69, 9.17) is 15.7 Å². The van der Waals surface area contributed by atoms with E-state index in [0.717, 1.165) is 47.4 Å². The molecule has 6 nitrogen and oxygen atoms in total. The van der Waals surface area contributed by atoms with Gasteiger partial charge in [-0.3, -0.25) is 14.9 Å². The molecule has 29 heavy (non-hydrogen) atoms. The minimum Gasteiger partial charge on any atom is -0.398 e. The molecule has 0 saturated carbocycles. The molecule has 6 heteroatoms. The molecule has 3 aromatic heterocycles. The summed E-state index contributed by atoms with van der Waals surface area (Å²) < 4.78 is 0. The van der Waals surface area contributed by atoms with Crippen molar-refractivity contribution in [3.05, 3.63) is 83.7 Å². The summed E-state index contributed by atoms with van der Waals surface area (Å²) in [6.07, 6.45) is 8.82. The predicted octanol–water partition coefficient (Wildman–Crippen LogP) is 4.01. The third-order valence-electron chi connectivity index (χ3n) is 5.71. The Balaban J connectivity index is 1.51. The standard InChI is InChI=1S/C23H24N6/c24-18-10-12-25-13-17(18)14-29(15-22-27-19-7-1-2-8-20(19)28-22)21-9-3-5-16-6-4-11-26-23(16)21/h1-2,4,6-8,10-13,21H,3,5,9,14-15H2,(H2,24,25)(H,27,28). The van der Waals surface area contributed by atoms with E-state index in [9.17, 15) is 0 Å². The highest BCUT2D eigenvalue weighted by Crippen LogP contribution is 2.35. The second kappa shape index (κ2) is 7.64. The second-order valence-electron chi connectivity index (χ2n) is 7.64. The summed E-state index contributed by atoms with van der Waals surface area (Å²) in [5.41, 5.74) is 12.6. The molecular formula is C23H24N6. The molecule has 4 aromatic rings. The Bertz CT molecular complexity index is 1100. The van der Waals surface area contributed by atoms with Crippen LogP contribution in [0.5, 0.6) is 0 Å². The molecule has 0 aliphatic heterocycles. The minimum absolute atomic E-state index is 0.229. The molecule has 0 spiro atoms. The third kappa shape index (κ3) is 3.59. The number of aryl methyl sites for hydroxylation is 1. The van der Waals surface area contributed by atoms with Crippen LogP contribution in [0.1, 0.15) is 41.5 Å². The first-order valence-electron chi connectivity index (χ1n) is 10.1. The number of anilines is 1. The number of benzene rings is 1. The molecule has 1 unspecified atom stereocenters. The van der Waals surface area contributed by atoms with Crippen molar-refractivity contribution in [3.8, 4) is 0 Å². The Morgan fingerprint density at radius 2 is 2.00 bits per heavy atom. The zero-order chi connectivity index (χ0) is 19.6. The van der Waals surface area contributed by atoms with Crippen molar-refractivity contribution < 1.29 is 0 Å². The lowest BCUT2D eigenvalue weighted by atomic mass is 9.90. The van der Waals surface area contributed by atoms with Gasteiger partial charge in [-0.2, -0.15) is 0 Å². The van der Waals surface area contributed by atoms with Crippen LogP contribution in [-0.4, -0.2) is 24.8 Å². The van der Waals surface area contributed by atoms with E-state index in [1.165, 1.54) is 11.3 Å². The van der Waals surface area contributed by atoms with E-state index in [0.29, 0.717) is 13.1 Å². The van der Waals surface area contributed by atoms with Gasteiger partial charge in [-0.05, 0) is 49.1 Å². The van der Waals surface area contributed by atoms with Gasteiger partial charge in [-0.15, -0.1) is 0 Å². The molecule has 146 valence electrons. The van der Waals surface area contributed by atoms with Crippen LogP contribution in [-0.2, 0) is 19.5 Å². The summed E-state index contributed by atoms with van der Waals surface area (Å²) in [6, 6.07) is 14.5. The highest BCUT2D eigenvalue weighted by Gasteiger charge is 2.28. The number of nitrogens with one attached hydrogen (secondary N) is 1. The third-order valence-corrected chi connectivity index (χ3v) is 5.71. The smallest absolute Gasteiger partial charge is 0.121 e. The van der Waals surface area contributed by atoms with Crippen LogP contribution in [0, 0.1) is 0 Å². The first-order valence-corrected chi connectivity index (χ1v) is 10.1. The van der Waals surface area contributed by atoms with Gasteiger partial charge in [-0.25, -0.2) is 4.98 Å². The maximum atomic E-state index is 6.24. The molecule has 1 aromatic carbocycles. The average molecular weight is 384 g/mol. The van der Waals surface area contributed by atoms with Crippen molar-refractivity contribution in [2.45, 2.75) is 38.4 Å². The van der Waals surface area contributed by atoms with E-state index in [1.54, 1.807) is 6.20 Å². The first kappa shape index (κ1) is 17.8. The van der Waals surface area contributed by atoms with E-state index >= 15 is 0 Å². The van der Waals surface area contributed by atoms with Gasteiger partial charge >= 0.3 is 0 Å². The van der Waals surface area contributed by atoms with Gasteiger partial charge in [0.2, 0.25) is 0 Å². The number of para-hydroxylation sites is 2.